The molecule has 0 unspecified atom stereocenters. The number of fused-ring (bicyclic) bond motifs is 1. The molecule has 2 aliphatic rings. The first kappa shape index (κ1) is 30.3. The number of benzene rings is 2. The Hall–Kier alpha value is -4.76. The Morgan fingerprint density at radius 2 is 1.76 bits per heavy atom. The van der Waals surface area contributed by atoms with E-state index in [1.807, 2.05) is 43.6 Å². The van der Waals surface area contributed by atoms with Crippen molar-refractivity contribution in [1.29, 1.82) is 0 Å². The van der Waals surface area contributed by atoms with E-state index in [1.54, 1.807) is 24.3 Å². The fourth-order valence-corrected chi connectivity index (χ4v) is 6.87. The molecule has 2 amide bonds. The van der Waals surface area contributed by atoms with Crippen LogP contribution in [-0.2, 0) is 16.6 Å². The molecule has 232 valence electrons. The average molecular weight is 606 g/mol. The number of carboxylic acid groups (broad SMARTS) is 1. The van der Waals surface area contributed by atoms with Crippen molar-refractivity contribution in [3.05, 3.63) is 89.6 Å². The Labute approximate surface area is 262 Å². The smallest absolute Gasteiger partial charge is 0.328 e. The van der Waals surface area contributed by atoms with Crippen LogP contribution in [0.4, 0.5) is 5.69 Å². The van der Waals surface area contributed by atoms with Crippen LogP contribution >= 0.6 is 0 Å². The zero-order valence-corrected chi connectivity index (χ0v) is 25.5. The molecule has 1 aliphatic heterocycles. The molecule has 45 heavy (non-hydrogen) atoms. The van der Waals surface area contributed by atoms with Crippen LogP contribution in [0, 0.1) is 0 Å². The number of nitrogens with zero attached hydrogens (tertiary/aromatic N) is 2. The third-order valence-electron chi connectivity index (χ3n) is 9.25. The van der Waals surface area contributed by atoms with E-state index < -0.39 is 11.5 Å². The standard InChI is InChI=1S/C36H39N5O4/c1-41-30-23-26(13-16-28(30)32(25-7-3-2-4-8-25)33(41)29-9-5-6-20-38-29)34(44)40-36(18-21-37-22-19-36)35(45)39-27-14-10-24(11-15-27)12-17-31(42)43/h5-6,9-17,20,23,25,37H,2-4,7-8,18-19,21-22H2,1H3,(H,39,45)(H,40,44)(H,42,43)/b17-12+. The number of aryl methyl sites for hydroxylation is 1. The predicted octanol–water partition coefficient (Wildman–Crippen LogP) is 5.88. The van der Waals surface area contributed by atoms with E-state index in [4.69, 9.17) is 10.1 Å². The van der Waals surface area contributed by atoms with Crippen molar-refractivity contribution in [1.82, 2.24) is 20.2 Å². The van der Waals surface area contributed by atoms with E-state index >= 15 is 0 Å². The Morgan fingerprint density at radius 3 is 2.44 bits per heavy atom. The molecule has 0 bridgehead atoms. The highest BCUT2D eigenvalue weighted by atomic mass is 16.4. The van der Waals surface area contributed by atoms with Gasteiger partial charge in [-0.2, -0.15) is 0 Å². The monoisotopic (exact) mass is 605 g/mol. The highest BCUT2D eigenvalue weighted by Crippen LogP contribution is 2.43. The van der Waals surface area contributed by atoms with Gasteiger partial charge in [0.25, 0.3) is 5.91 Å². The summed E-state index contributed by atoms with van der Waals surface area (Å²) >= 11 is 0. The number of amides is 2. The summed E-state index contributed by atoms with van der Waals surface area (Å²) < 4.78 is 2.17. The lowest BCUT2D eigenvalue weighted by molar-refractivity contribution is -0.131. The van der Waals surface area contributed by atoms with Crippen LogP contribution in [0.5, 0.6) is 0 Å². The minimum absolute atomic E-state index is 0.275. The number of carbonyl (C=O) groups is 3. The van der Waals surface area contributed by atoms with Gasteiger partial charge in [-0.1, -0.05) is 43.5 Å². The van der Waals surface area contributed by atoms with Gasteiger partial charge in [-0.05, 0) is 98.3 Å². The van der Waals surface area contributed by atoms with Gasteiger partial charge in [-0.15, -0.1) is 0 Å². The van der Waals surface area contributed by atoms with Crippen molar-refractivity contribution in [2.45, 2.75) is 56.4 Å². The first-order chi connectivity index (χ1) is 21.8. The number of carbonyl (C=O) groups excluding carboxylic acids is 2. The molecule has 3 heterocycles. The van der Waals surface area contributed by atoms with Gasteiger partial charge in [0.1, 0.15) is 5.54 Å². The molecule has 2 fully saturated rings. The third-order valence-corrected chi connectivity index (χ3v) is 9.25. The highest BCUT2D eigenvalue weighted by molar-refractivity contribution is 6.05. The normalized spacial score (nSPS) is 16.9. The lowest BCUT2D eigenvalue weighted by Gasteiger charge is -2.37. The van der Waals surface area contributed by atoms with Crippen molar-refractivity contribution in [2.24, 2.45) is 7.05 Å². The van der Waals surface area contributed by atoms with Crippen LogP contribution in [0.1, 0.15) is 72.3 Å². The summed E-state index contributed by atoms with van der Waals surface area (Å²) in [7, 11) is 2.05. The van der Waals surface area contributed by atoms with Gasteiger partial charge < -0.3 is 25.6 Å². The molecule has 1 saturated heterocycles. The molecule has 4 aromatic rings. The number of hydrogen-bond acceptors (Lipinski definition) is 5. The Kier molecular flexibility index (Phi) is 8.80. The summed E-state index contributed by atoms with van der Waals surface area (Å²) in [5.41, 5.74) is 5.02. The largest absolute Gasteiger partial charge is 0.478 e. The SMILES string of the molecule is Cn1c(-c2ccccn2)c(C2CCCCC2)c2ccc(C(=O)NC3(C(=O)Nc4ccc(/C=C/C(=O)O)cc4)CCNCC3)cc21. The van der Waals surface area contributed by atoms with Gasteiger partial charge in [0, 0.05) is 41.5 Å². The maximum absolute atomic E-state index is 13.9. The molecular weight excluding hydrogens is 566 g/mol. The van der Waals surface area contributed by atoms with Gasteiger partial charge in [0.15, 0.2) is 0 Å². The number of piperidine rings is 1. The maximum Gasteiger partial charge on any atom is 0.328 e. The van der Waals surface area contributed by atoms with Crippen LogP contribution < -0.4 is 16.0 Å². The van der Waals surface area contributed by atoms with Gasteiger partial charge in [-0.25, -0.2) is 4.79 Å². The van der Waals surface area contributed by atoms with Crippen LogP contribution in [0.25, 0.3) is 28.4 Å². The van der Waals surface area contributed by atoms with E-state index in [-0.39, 0.29) is 11.8 Å². The quantitative estimate of drug-likeness (QED) is 0.186. The molecule has 0 spiro atoms. The van der Waals surface area contributed by atoms with Crippen molar-refractivity contribution in [3.8, 4) is 11.4 Å². The second kappa shape index (κ2) is 13.1. The molecular formula is C36H39N5O4. The van der Waals surface area contributed by atoms with Crippen LogP contribution in [-0.4, -0.2) is 51.1 Å². The molecule has 9 heteroatoms. The Bertz CT molecular complexity index is 1730. The second-order valence-corrected chi connectivity index (χ2v) is 12.1. The molecule has 6 rings (SSSR count). The third kappa shape index (κ3) is 6.40. The second-order valence-electron chi connectivity index (χ2n) is 12.1. The van der Waals surface area contributed by atoms with E-state index in [2.05, 4.69) is 26.6 Å². The summed E-state index contributed by atoms with van der Waals surface area (Å²) in [4.78, 5) is 43.1. The Balaban J connectivity index is 1.29. The van der Waals surface area contributed by atoms with Gasteiger partial charge in [-0.3, -0.25) is 14.6 Å². The van der Waals surface area contributed by atoms with Crippen LogP contribution in [0.15, 0.2) is 72.9 Å². The van der Waals surface area contributed by atoms with E-state index in [0.717, 1.165) is 41.2 Å². The van der Waals surface area contributed by atoms with Crippen molar-refractivity contribution >= 4 is 40.4 Å². The summed E-state index contributed by atoms with van der Waals surface area (Å²) in [6.45, 7) is 1.20. The van der Waals surface area contributed by atoms with E-state index in [0.29, 0.717) is 48.7 Å². The zero-order chi connectivity index (χ0) is 31.4. The lowest BCUT2D eigenvalue weighted by Crippen LogP contribution is -2.61. The van der Waals surface area contributed by atoms with Gasteiger partial charge in [0.05, 0.1) is 11.4 Å². The number of rotatable bonds is 8. The predicted molar refractivity (Wildman–Crippen MR) is 176 cm³/mol. The van der Waals surface area contributed by atoms with Gasteiger partial charge in [0.2, 0.25) is 5.91 Å². The fourth-order valence-electron chi connectivity index (χ4n) is 6.87. The molecule has 2 aromatic carbocycles. The molecule has 9 nitrogen and oxygen atoms in total. The maximum atomic E-state index is 13.9. The highest BCUT2D eigenvalue weighted by Gasteiger charge is 2.41. The molecule has 1 saturated carbocycles. The first-order valence-electron chi connectivity index (χ1n) is 15.7. The molecule has 4 N–H and O–H groups in total. The number of nitrogens with one attached hydrogen (secondary N) is 3. The van der Waals surface area contributed by atoms with Gasteiger partial charge >= 0.3 is 5.97 Å². The minimum Gasteiger partial charge on any atom is -0.478 e. The summed E-state index contributed by atoms with van der Waals surface area (Å²) in [6.07, 6.45) is 11.3. The molecule has 1 aliphatic carbocycles. The number of aromatic nitrogens is 2. The topological polar surface area (TPSA) is 125 Å². The van der Waals surface area contributed by atoms with E-state index in [1.165, 1.54) is 30.9 Å². The molecule has 0 atom stereocenters. The van der Waals surface area contributed by atoms with Crippen LogP contribution in [0.2, 0.25) is 0 Å². The summed E-state index contributed by atoms with van der Waals surface area (Å²) in [5, 5.41) is 19.4. The number of pyridine rings is 1. The molecule has 0 radical (unpaired) electrons. The van der Waals surface area contributed by atoms with E-state index in [9.17, 15) is 14.4 Å². The Morgan fingerprint density at radius 1 is 1.00 bits per heavy atom. The van der Waals surface area contributed by atoms with Crippen molar-refractivity contribution < 1.29 is 19.5 Å². The average Bonchev–Trinajstić information content (AvgIpc) is 3.37. The van der Waals surface area contributed by atoms with Crippen molar-refractivity contribution in [2.75, 3.05) is 18.4 Å². The number of anilines is 1. The molecule has 2 aromatic heterocycles. The van der Waals surface area contributed by atoms with Crippen molar-refractivity contribution in [3.63, 3.8) is 0 Å². The summed E-state index contributed by atoms with van der Waals surface area (Å²) in [6, 6.07) is 18.8. The lowest BCUT2D eigenvalue weighted by atomic mass is 9.82. The zero-order valence-electron chi connectivity index (χ0n) is 25.5. The first-order valence-corrected chi connectivity index (χ1v) is 15.7. The fraction of sp³-hybridized carbons (Fsp3) is 0.333. The summed E-state index contributed by atoms with van der Waals surface area (Å²) in [5.74, 6) is -1.14. The minimum atomic E-state index is -1.08. The number of aliphatic carboxylic acids is 1. The number of hydrogen-bond donors (Lipinski definition) is 4. The van der Waals surface area contributed by atoms with Crippen LogP contribution in [0.3, 0.4) is 0 Å². The number of carboxylic acids is 1.